The van der Waals surface area contributed by atoms with Crippen molar-refractivity contribution in [1.29, 1.82) is 5.26 Å². The van der Waals surface area contributed by atoms with Crippen LogP contribution in [0.5, 0.6) is 0 Å². The number of rotatable bonds is 4. The van der Waals surface area contributed by atoms with Gasteiger partial charge in [-0.1, -0.05) is 36.8 Å². The smallest absolute Gasteiger partial charge is 0.0981 e. The number of hydrogen-bond acceptors (Lipinski definition) is 2. The van der Waals surface area contributed by atoms with E-state index in [1.54, 1.807) is 0 Å². The maximum atomic E-state index is 9.26. The maximum Gasteiger partial charge on any atom is 0.0981 e. The molecule has 1 aromatic carbocycles. The summed E-state index contributed by atoms with van der Waals surface area (Å²) in [6, 6.07) is 13.0. The molecule has 1 aliphatic rings. The molecule has 0 aromatic heterocycles. The molecule has 17 heavy (non-hydrogen) atoms. The van der Waals surface area contributed by atoms with Crippen molar-refractivity contribution < 1.29 is 0 Å². The zero-order valence-electron chi connectivity index (χ0n) is 10.3. The van der Waals surface area contributed by atoms with Crippen LogP contribution in [0.1, 0.15) is 31.2 Å². The second-order valence-electron chi connectivity index (χ2n) is 4.77. The fourth-order valence-electron chi connectivity index (χ4n) is 2.51. The molecule has 2 rings (SSSR count). The van der Waals surface area contributed by atoms with Crippen LogP contribution in [0.4, 0.5) is 0 Å². The van der Waals surface area contributed by atoms with Gasteiger partial charge in [0.1, 0.15) is 0 Å². The van der Waals surface area contributed by atoms with Gasteiger partial charge in [-0.25, -0.2) is 0 Å². The SMILES string of the molecule is N#CC(CCc1ccccc1)N1CCCCC1. The minimum Gasteiger partial charge on any atom is -0.288 e. The summed E-state index contributed by atoms with van der Waals surface area (Å²) in [7, 11) is 0. The van der Waals surface area contributed by atoms with Gasteiger partial charge in [0.2, 0.25) is 0 Å². The van der Waals surface area contributed by atoms with Crippen LogP contribution >= 0.6 is 0 Å². The van der Waals surface area contributed by atoms with E-state index < -0.39 is 0 Å². The Labute approximate surface area is 104 Å². The Morgan fingerprint density at radius 2 is 1.82 bits per heavy atom. The van der Waals surface area contributed by atoms with Crippen molar-refractivity contribution >= 4 is 0 Å². The van der Waals surface area contributed by atoms with Crippen LogP contribution in [0.3, 0.4) is 0 Å². The summed E-state index contributed by atoms with van der Waals surface area (Å²) < 4.78 is 0. The van der Waals surface area contributed by atoms with E-state index >= 15 is 0 Å². The van der Waals surface area contributed by atoms with E-state index in [2.05, 4.69) is 35.2 Å². The Morgan fingerprint density at radius 1 is 1.12 bits per heavy atom. The molecular weight excluding hydrogens is 208 g/mol. The van der Waals surface area contributed by atoms with Gasteiger partial charge in [-0.05, 0) is 44.3 Å². The molecule has 1 unspecified atom stereocenters. The summed E-state index contributed by atoms with van der Waals surface area (Å²) >= 11 is 0. The highest BCUT2D eigenvalue weighted by Gasteiger charge is 2.19. The average Bonchev–Trinajstić information content (AvgIpc) is 2.42. The van der Waals surface area contributed by atoms with Crippen molar-refractivity contribution in [3.8, 4) is 6.07 Å². The van der Waals surface area contributed by atoms with Crippen molar-refractivity contribution in [1.82, 2.24) is 4.90 Å². The quantitative estimate of drug-likeness (QED) is 0.792. The highest BCUT2D eigenvalue weighted by molar-refractivity contribution is 5.15. The largest absolute Gasteiger partial charge is 0.288 e. The van der Waals surface area contributed by atoms with Gasteiger partial charge in [0, 0.05) is 0 Å². The Balaban J connectivity index is 1.85. The molecule has 0 radical (unpaired) electrons. The second kappa shape index (κ2) is 6.42. The molecule has 1 aliphatic heterocycles. The molecule has 1 aromatic rings. The molecule has 0 N–H and O–H groups in total. The number of aryl methyl sites for hydroxylation is 1. The van der Waals surface area contributed by atoms with E-state index in [4.69, 9.17) is 0 Å². The third kappa shape index (κ3) is 3.57. The summed E-state index contributed by atoms with van der Waals surface area (Å²) in [5.74, 6) is 0. The van der Waals surface area contributed by atoms with Crippen LogP contribution in [-0.2, 0) is 6.42 Å². The molecule has 2 nitrogen and oxygen atoms in total. The molecular formula is C15H20N2. The number of likely N-dealkylation sites (tertiary alicyclic amines) is 1. The Hall–Kier alpha value is -1.33. The molecule has 1 saturated heterocycles. The fraction of sp³-hybridized carbons (Fsp3) is 0.533. The molecule has 0 amide bonds. The van der Waals surface area contributed by atoms with Gasteiger partial charge in [0.25, 0.3) is 0 Å². The summed E-state index contributed by atoms with van der Waals surface area (Å²) in [6.45, 7) is 2.21. The average molecular weight is 228 g/mol. The summed E-state index contributed by atoms with van der Waals surface area (Å²) in [5, 5.41) is 9.26. The van der Waals surface area contributed by atoms with Crippen LogP contribution in [0.2, 0.25) is 0 Å². The highest BCUT2D eigenvalue weighted by Crippen LogP contribution is 2.15. The summed E-state index contributed by atoms with van der Waals surface area (Å²) in [4.78, 5) is 2.35. The van der Waals surface area contributed by atoms with Crippen molar-refractivity contribution in [2.45, 2.75) is 38.1 Å². The van der Waals surface area contributed by atoms with Crippen molar-refractivity contribution in [2.75, 3.05) is 13.1 Å². The van der Waals surface area contributed by atoms with Gasteiger partial charge in [-0.15, -0.1) is 0 Å². The van der Waals surface area contributed by atoms with Crippen molar-refractivity contribution in [3.05, 3.63) is 35.9 Å². The zero-order chi connectivity index (χ0) is 11.9. The van der Waals surface area contributed by atoms with Crippen LogP contribution in [0.25, 0.3) is 0 Å². The minimum absolute atomic E-state index is 0.107. The van der Waals surface area contributed by atoms with E-state index in [9.17, 15) is 5.26 Å². The van der Waals surface area contributed by atoms with Gasteiger partial charge >= 0.3 is 0 Å². The topological polar surface area (TPSA) is 27.0 Å². The molecule has 0 saturated carbocycles. The molecule has 0 spiro atoms. The van der Waals surface area contributed by atoms with Crippen molar-refractivity contribution in [2.24, 2.45) is 0 Å². The zero-order valence-corrected chi connectivity index (χ0v) is 10.3. The third-order valence-corrected chi connectivity index (χ3v) is 3.53. The number of hydrogen-bond donors (Lipinski definition) is 0. The normalized spacial score (nSPS) is 18.5. The number of nitriles is 1. The predicted octanol–water partition coefficient (Wildman–Crippen LogP) is 3.00. The van der Waals surface area contributed by atoms with Gasteiger partial charge in [0.05, 0.1) is 12.1 Å². The molecule has 2 heteroatoms. The first kappa shape index (κ1) is 12.1. The van der Waals surface area contributed by atoms with Crippen LogP contribution < -0.4 is 0 Å². The predicted molar refractivity (Wildman–Crippen MR) is 69.6 cm³/mol. The van der Waals surface area contributed by atoms with Gasteiger partial charge in [-0.2, -0.15) is 5.26 Å². The first-order valence-corrected chi connectivity index (χ1v) is 6.58. The highest BCUT2D eigenvalue weighted by atomic mass is 15.2. The number of benzene rings is 1. The van der Waals surface area contributed by atoms with Crippen LogP contribution in [-0.4, -0.2) is 24.0 Å². The lowest BCUT2D eigenvalue weighted by molar-refractivity contribution is 0.188. The Morgan fingerprint density at radius 3 is 2.47 bits per heavy atom. The monoisotopic (exact) mass is 228 g/mol. The maximum absolute atomic E-state index is 9.26. The van der Waals surface area contributed by atoms with E-state index in [1.807, 2.05) is 6.07 Å². The third-order valence-electron chi connectivity index (χ3n) is 3.53. The van der Waals surface area contributed by atoms with Crippen molar-refractivity contribution in [3.63, 3.8) is 0 Å². The summed E-state index contributed by atoms with van der Waals surface area (Å²) in [5.41, 5.74) is 1.34. The minimum atomic E-state index is 0.107. The first-order valence-electron chi connectivity index (χ1n) is 6.58. The molecule has 0 aliphatic carbocycles. The van der Waals surface area contributed by atoms with E-state index in [1.165, 1.54) is 24.8 Å². The standard InChI is InChI=1S/C15H20N2/c16-13-15(17-11-5-2-6-12-17)10-9-14-7-3-1-4-8-14/h1,3-4,7-8,15H,2,5-6,9-12H2. The van der Waals surface area contributed by atoms with Gasteiger partial charge in [-0.3, -0.25) is 4.90 Å². The van der Waals surface area contributed by atoms with Crippen LogP contribution in [0.15, 0.2) is 30.3 Å². The van der Waals surface area contributed by atoms with E-state index in [0.717, 1.165) is 25.9 Å². The fourth-order valence-corrected chi connectivity index (χ4v) is 2.51. The molecule has 1 atom stereocenters. The second-order valence-corrected chi connectivity index (χ2v) is 4.77. The molecule has 90 valence electrons. The van der Waals surface area contributed by atoms with E-state index in [0.29, 0.717) is 0 Å². The number of nitrogens with zero attached hydrogens (tertiary/aromatic N) is 2. The first-order chi connectivity index (χ1) is 8.40. The molecule has 1 fully saturated rings. The molecule has 1 heterocycles. The van der Waals surface area contributed by atoms with Crippen LogP contribution in [0, 0.1) is 11.3 Å². The lowest BCUT2D eigenvalue weighted by Gasteiger charge is -2.30. The molecule has 0 bridgehead atoms. The Kier molecular flexibility index (Phi) is 4.58. The van der Waals surface area contributed by atoms with E-state index in [-0.39, 0.29) is 6.04 Å². The summed E-state index contributed by atoms with van der Waals surface area (Å²) in [6.07, 6.45) is 5.80. The lowest BCUT2D eigenvalue weighted by Crippen LogP contribution is -2.38. The number of piperidine rings is 1. The Bertz CT molecular complexity index is 360. The van der Waals surface area contributed by atoms with Gasteiger partial charge in [0.15, 0.2) is 0 Å². The van der Waals surface area contributed by atoms with Gasteiger partial charge < -0.3 is 0 Å². The lowest BCUT2D eigenvalue weighted by atomic mass is 10.0.